The van der Waals surface area contributed by atoms with Crippen molar-refractivity contribution in [3.63, 3.8) is 0 Å². The molecule has 1 aliphatic rings. The van der Waals surface area contributed by atoms with Gasteiger partial charge in [-0.25, -0.2) is 31.7 Å². The number of nitrogens with two attached hydrogens (primary N) is 1. The second kappa shape index (κ2) is 9.91. The van der Waals surface area contributed by atoms with Gasteiger partial charge in [0.1, 0.15) is 9.79 Å². The molecule has 0 spiro atoms. The highest BCUT2D eigenvalue weighted by molar-refractivity contribution is 7.92. The molecule has 0 aliphatic heterocycles. The second-order valence-electron chi connectivity index (χ2n) is 7.91. The predicted molar refractivity (Wildman–Crippen MR) is 121 cm³/mol. The van der Waals surface area contributed by atoms with Crippen molar-refractivity contribution < 1.29 is 26.4 Å². The molecule has 176 valence electrons. The van der Waals surface area contributed by atoms with Crippen LogP contribution >= 0.6 is 0 Å². The fraction of sp³-hybridized carbons (Fsp3) is 0.364. The number of sulfonamides is 2. The van der Waals surface area contributed by atoms with E-state index in [1.165, 1.54) is 24.4 Å². The van der Waals surface area contributed by atoms with Gasteiger partial charge in [-0.3, -0.25) is 4.79 Å². The zero-order chi connectivity index (χ0) is 24.2. The van der Waals surface area contributed by atoms with Crippen molar-refractivity contribution in [1.82, 2.24) is 9.71 Å². The Labute approximate surface area is 193 Å². The van der Waals surface area contributed by atoms with Crippen LogP contribution in [0.3, 0.4) is 0 Å². The lowest BCUT2D eigenvalue weighted by atomic mass is 10.1. The first-order valence-corrected chi connectivity index (χ1v) is 13.4. The van der Waals surface area contributed by atoms with E-state index in [9.17, 15) is 21.6 Å². The first kappa shape index (κ1) is 24.7. The molecule has 1 aliphatic carbocycles. The zero-order valence-electron chi connectivity index (χ0n) is 18.2. The quantitative estimate of drug-likeness (QED) is 0.589. The highest BCUT2D eigenvalue weighted by Gasteiger charge is 2.26. The highest BCUT2D eigenvalue weighted by atomic mass is 32.2. The second-order valence-corrected chi connectivity index (χ2v) is 11.1. The molecule has 0 radical (unpaired) electrons. The summed E-state index contributed by atoms with van der Waals surface area (Å²) in [5.41, 5.74) is 0.267. The van der Waals surface area contributed by atoms with Gasteiger partial charge in [-0.15, -0.1) is 0 Å². The number of carbonyl (C=O) groups is 1. The third-order valence-corrected chi connectivity index (χ3v) is 7.39. The van der Waals surface area contributed by atoms with Crippen LogP contribution in [0.2, 0.25) is 0 Å². The van der Waals surface area contributed by atoms with E-state index in [0.717, 1.165) is 37.8 Å². The first-order valence-electron chi connectivity index (χ1n) is 10.3. The monoisotopic (exact) mass is 491 g/mol. The molecule has 3 rings (SSSR count). The van der Waals surface area contributed by atoms with Crippen LogP contribution in [0.5, 0.6) is 5.75 Å². The van der Waals surface area contributed by atoms with Gasteiger partial charge in [0.2, 0.25) is 10.0 Å². The van der Waals surface area contributed by atoms with Crippen LogP contribution in [0.25, 0.3) is 0 Å². The van der Waals surface area contributed by atoms with E-state index < -0.39 is 35.7 Å². The molecule has 0 unspecified atom stereocenters. The van der Waals surface area contributed by atoms with Crippen molar-refractivity contribution in [1.29, 1.82) is 0 Å². The van der Waals surface area contributed by atoms with Gasteiger partial charge in [-0.1, -0.05) is 30.9 Å². The molecule has 1 fully saturated rings. The van der Waals surface area contributed by atoms with Crippen LogP contribution in [0.15, 0.2) is 46.3 Å². The molecule has 1 amide bonds. The van der Waals surface area contributed by atoms with Crippen LogP contribution in [0, 0.1) is 17.8 Å². The van der Waals surface area contributed by atoms with Crippen LogP contribution in [0.1, 0.15) is 55.6 Å². The van der Waals surface area contributed by atoms with Crippen molar-refractivity contribution in [3.05, 3.63) is 47.8 Å². The van der Waals surface area contributed by atoms with Crippen LogP contribution in [-0.2, 0) is 20.0 Å². The minimum absolute atomic E-state index is 0.0891. The van der Waals surface area contributed by atoms with Crippen LogP contribution in [0.4, 0.5) is 0 Å². The summed E-state index contributed by atoms with van der Waals surface area (Å²) in [6.45, 7) is 3.60. The van der Waals surface area contributed by atoms with Crippen molar-refractivity contribution in [2.75, 3.05) is 0 Å². The molecule has 33 heavy (non-hydrogen) atoms. The Kier molecular flexibility index (Phi) is 7.41. The topological polar surface area (TPSA) is 146 Å². The summed E-state index contributed by atoms with van der Waals surface area (Å²) >= 11 is 0. The third kappa shape index (κ3) is 6.31. The number of hydrogen-bond acceptors (Lipinski definition) is 7. The average molecular weight is 492 g/mol. The van der Waals surface area contributed by atoms with Crippen molar-refractivity contribution >= 4 is 26.0 Å². The van der Waals surface area contributed by atoms with Gasteiger partial charge in [0.25, 0.3) is 15.9 Å². The summed E-state index contributed by atoms with van der Waals surface area (Å²) in [6.07, 6.45) is 5.32. The van der Waals surface area contributed by atoms with E-state index in [4.69, 9.17) is 9.88 Å². The van der Waals surface area contributed by atoms with E-state index in [1.54, 1.807) is 13.8 Å². The van der Waals surface area contributed by atoms with Crippen LogP contribution in [-0.4, -0.2) is 33.8 Å². The van der Waals surface area contributed by atoms with E-state index >= 15 is 0 Å². The molecule has 1 heterocycles. The largest absolute Gasteiger partial charge is 0.488 e. The number of pyridine rings is 1. The number of rotatable bonds is 6. The Morgan fingerprint density at radius 2 is 1.79 bits per heavy atom. The Balaban J connectivity index is 1.91. The summed E-state index contributed by atoms with van der Waals surface area (Å²) in [5.74, 6) is 5.74. The van der Waals surface area contributed by atoms with Gasteiger partial charge >= 0.3 is 0 Å². The van der Waals surface area contributed by atoms with Crippen LogP contribution < -0.4 is 14.6 Å². The predicted octanol–water partition coefficient (Wildman–Crippen LogP) is 2.18. The molecule has 0 atom stereocenters. The van der Waals surface area contributed by atoms with Crippen molar-refractivity contribution in [3.8, 4) is 17.6 Å². The summed E-state index contributed by atoms with van der Waals surface area (Å²) in [4.78, 5) is 15.7. The number of hydrogen-bond donors (Lipinski definition) is 2. The Hall–Kier alpha value is -2.94. The first-order chi connectivity index (χ1) is 15.5. The molecule has 0 bridgehead atoms. The number of primary sulfonamides is 1. The van der Waals surface area contributed by atoms with E-state index in [2.05, 4.69) is 16.8 Å². The lowest BCUT2D eigenvalue weighted by Crippen LogP contribution is -2.32. The lowest BCUT2D eigenvalue weighted by Gasteiger charge is -2.13. The standard InChI is InChI=1S/C22H25N3O6S2/c1-15(2)31-19-13-17(14-24-18(19)12-11-16-7-3-4-8-16)22(26)25-33(29,30)21-10-6-5-9-20(21)32(23,27)28/h5-6,9-10,13-16H,3-4,7-8H2,1-2H3,(H,25,26)(H2,23,27,28). The Morgan fingerprint density at radius 3 is 2.39 bits per heavy atom. The normalized spacial score (nSPS) is 14.5. The van der Waals surface area contributed by atoms with Gasteiger partial charge in [-0.2, -0.15) is 0 Å². The number of ether oxygens (including phenoxy) is 1. The van der Waals surface area contributed by atoms with Gasteiger partial charge in [0.05, 0.1) is 11.7 Å². The van der Waals surface area contributed by atoms with E-state index in [0.29, 0.717) is 11.6 Å². The molecule has 1 saturated carbocycles. The molecule has 11 heteroatoms. The fourth-order valence-corrected chi connectivity index (χ4v) is 5.75. The number of benzene rings is 1. The number of carbonyl (C=O) groups excluding carboxylic acids is 1. The van der Waals surface area contributed by atoms with Crippen molar-refractivity contribution in [2.24, 2.45) is 11.1 Å². The number of aromatic nitrogens is 1. The molecule has 9 nitrogen and oxygen atoms in total. The zero-order valence-corrected chi connectivity index (χ0v) is 19.9. The SMILES string of the molecule is CC(C)Oc1cc(C(=O)NS(=O)(=O)c2ccccc2S(N)(=O)=O)cnc1C#CC1CCCC1. The smallest absolute Gasteiger partial charge is 0.266 e. The molecular formula is C22H25N3O6S2. The molecule has 1 aromatic heterocycles. The van der Waals surface area contributed by atoms with Crippen molar-refractivity contribution in [2.45, 2.75) is 55.4 Å². The van der Waals surface area contributed by atoms with Gasteiger partial charge in [-0.05, 0) is 50.8 Å². The molecular weight excluding hydrogens is 466 g/mol. The molecule has 0 saturated heterocycles. The van der Waals surface area contributed by atoms with E-state index in [-0.39, 0.29) is 17.4 Å². The average Bonchev–Trinajstić information content (AvgIpc) is 3.25. The number of nitrogens with one attached hydrogen (secondary N) is 1. The minimum atomic E-state index is -4.54. The third-order valence-electron chi connectivity index (χ3n) is 4.90. The maximum absolute atomic E-state index is 12.7. The Bertz CT molecular complexity index is 1320. The molecule has 3 N–H and O–H groups in total. The Morgan fingerprint density at radius 1 is 1.15 bits per heavy atom. The van der Waals surface area contributed by atoms with Gasteiger partial charge in [0.15, 0.2) is 11.4 Å². The van der Waals surface area contributed by atoms with Gasteiger partial charge < -0.3 is 4.74 Å². The maximum atomic E-state index is 12.7. The summed E-state index contributed by atoms with van der Waals surface area (Å²) in [6, 6.07) is 6.10. The summed E-state index contributed by atoms with van der Waals surface area (Å²) in [5, 5.41) is 5.11. The fourth-order valence-electron chi connectivity index (χ4n) is 3.39. The van der Waals surface area contributed by atoms with E-state index in [1.807, 2.05) is 4.72 Å². The number of nitrogens with zero attached hydrogens (tertiary/aromatic N) is 1. The minimum Gasteiger partial charge on any atom is -0.488 e. The summed E-state index contributed by atoms with van der Waals surface area (Å²) in [7, 11) is -8.88. The molecule has 1 aromatic carbocycles. The molecule has 2 aromatic rings. The number of amides is 1. The maximum Gasteiger partial charge on any atom is 0.266 e. The van der Waals surface area contributed by atoms with Gasteiger partial charge in [0, 0.05) is 12.1 Å². The summed E-state index contributed by atoms with van der Waals surface area (Å²) < 4.78 is 56.6. The lowest BCUT2D eigenvalue weighted by molar-refractivity contribution is 0.0980. The highest BCUT2D eigenvalue weighted by Crippen LogP contribution is 2.25.